The van der Waals surface area contributed by atoms with Crippen molar-refractivity contribution in [1.82, 2.24) is 14.8 Å². The van der Waals surface area contributed by atoms with Gasteiger partial charge in [0, 0.05) is 50.9 Å². The molecule has 8 heteroatoms. The zero-order valence-electron chi connectivity index (χ0n) is 15.4. The molecule has 1 aromatic rings. The van der Waals surface area contributed by atoms with Crippen molar-refractivity contribution in [2.75, 3.05) is 45.2 Å². The predicted molar refractivity (Wildman–Crippen MR) is 93.0 cm³/mol. The Balaban J connectivity index is 1.89. The number of aromatic nitrogens is 1. The Morgan fingerprint density at radius 2 is 1.85 bits per heavy atom. The van der Waals surface area contributed by atoms with Gasteiger partial charge in [-0.1, -0.05) is 0 Å². The summed E-state index contributed by atoms with van der Waals surface area (Å²) in [7, 11) is 3.84. The first-order chi connectivity index (χ1) is 12.1. The number of carbonyl (C=O) groups is 1. The molecule has 0 saturated carbocycles. The molecule has 2 saturated heterocycles. The van der Waals surface area contributed by atoms with Gasteiger partial charge in [0.05, 0.1) is 5.56 Å². The average molecular weight is 370 g/mol. The number of hydrogen-bond acceptors (Lipinski definition) is 4. The Bertz CT molecular complexity index is 694. The second-order valence-electron chi connectivity index (χ2n) is 7.49. The highest BCUT2D eigenvalue weighted by Gasteiger charge is 2.42. The van der Waals surface area contributed by atoms with Crippen molar-refractivity contribution < 1.29 is 18.0 Å². The van der Waals surface area contributed by atoms with Gasteiger partial charge in [0.1, 0.15) is 5.82 Å². The van der Waals surface area contributed by atoms with E-state index < -0.39 is 11.7 Å². The second kappa shape index (κ2) is 6.72. The van der Waals surface area contributed by atoms with Gasteiger partial charge in [0.2, 0.25) is 5.91 Å². The summed E-state index contributed by atoms with van der Waals surface area (Å²) in [6.07, 6.45) is -2.41. The summed E-state index contributed by atoms with van der Waals surface area (Å²) in [5, 5.41) is 0. The van der Waals surface area contributed by atoms with E-state index in [9.17, 15) is 18.0 Å². The molecule has 26 heavy (non-hydrogen) atoms. The van der Waals surface area contributed by atoms with E-state index >= 15 is 0 Å². The molecule has 0 bridgehead atoms. The Morgan fingerprint density at radius 1 is 1.12 bits per heavy atom. The third kappa shape index (κ3) is 3.65. The van der Waals surface area contributed by atoms with E-state index in [0.29, 0.717) is 44.0 Å². The molecule has 0 aromatic carbocycles. The number of rotatable bonds is 1. The number of carbonyl (C=O) groups excluding carboxylic acids is 1. The SMILES string of the molecule is Cc1cc(C(F)(F)F)cc(N2CCN(C)[C@]3(CCC(=O)N(C)CC3)C2)n1. The van der Waals surface area contributed by atoms with Gasteiger partial charge in [-0.05, 0) is 38.9 Å². The average Bonchev–Trinajstić information content (AvgIpc) is 2.71. The highest BCUT2D eigenvalue weighted by Crippen LogP contribution is 2.35. The molecule has 0 radical (unpaired) electrons. The first-order valence-corrected chi connectivity index (χ1v) is 8.87. The minimum atomic E-state index is -4.38. The van der Waals surface area contributed by atoms with Crippen LogP contribution in [0.5, 0.6) is 0 Å². The maximum Gasteiger partial charge on any atom is 0.416 e. The number of hydrogen-bond donors (Lipinski definition) is 0. The third-order valence-electron chi connectivity index (χ3n) is 5.73. The number of aryl methyl sites for hydroxylation is 1. The van der Waals surface area contributed by atoms with Gasteiger partial charge in [0.15, 0.2) is 0 Å². The number of anilines is 1. The number of nitrogens with zero attached hydrogens (tertiary/aromatic N) is 4. The molecule has 1 amide bonds. The Kier molecular flexibility index (Phi) is 4.90. The summed E-state index contributed by atoms with van der Waals surface area (Å²) in [5.74, 6) is 0.495. The standard InChI is InChI=1S/C18H25F3N4O/c1-13-10-14(18(19,20)21)11-15(22-13)25-9-8-24(3)17(12-25)5-4-16(26)23(2)7-6-17/h10-11H,4-9,12H2,1-3H3/t17-/m0/s1. The van der Waals surface area contributed by atoms with Gasteiger partial charge in [-0.3, -0.25) is 9.69 Å². The number of amides is 1. The molecule has 144 valence electrons. The van der Waals surface area contributed by atoms with Crippen LogP contribution in [0.4, 0.5) is 19.0 Å². The molecule has 2 fully saturated rings. The molecule has 1 spiro atoms. The number of halogens is 3. The van der Waals surface area contributed by atoms with E-state index in [0.717, 1.165) is 25.1 Å². The van der Waals surface area contributed by atoms with Crippen molar-refractivity contribution >= 4 is 11.7 Å². The maximum absolute atomic E-state index is 13.2. The lowest BCUT2D eigenvalue weighted by Gasteiger charge is -2.49. The quantitative estimate of drug-likeness (QED) is 0.762. The van der Waals surface area contributed by atoms with Gasteiger partial charge in [0.25, 0.3) is 0 Å². The van der Waals surface area contributed by atoms with Crippen LogP contribution in [0.1, 0.15) is 30.5 Å². The van der Waals surface area contributed by atoms with E-state index in [1.807, 2.05) is 11.9 Å². The Labute approximate surface area is 151 Å². The summed E-state index contributed by atoms with van der Waals surface area (Å²) in [6.45, 7) is 4.18. The molecule has 1 atom stereocenters. The van der Waals surface area contributed by atoms with Crippen LogP contribution < -0.4 is 4.90 Å². The molecular formula is C18H25F3N4O. The predicted octanol–water partition coefficient (Wildman–Crippen LogP) is 2.54. The van der Waals surface area contributed by atoms with Crippen molar-refractivity contribution in [3.05, 3.63) is 23.4 Å². The molecule has 3 rings (SSSR count). The van der Waals surface area contributed by atoms with E-state index in [4.69, 9.17) is 0 Å². The van der Waals surface area contributed by atoms with Crippen LogP contribution in [0, 0.1) is 6.92 Å². The largest absolute Gasteiger partial charge is 0.416 e. The van der Waals surface area contributed by atoms with Crippen molar-refractivity contribution in [3.8, 4) is 0 Å². The minimum Gasteiger partial charge on any atom is -0.353 e. The molecule has 2 aliphatic rings. The normalized spacial score (nSPS) is 25.7. The monoisotopic (exact) mass is 370 g/mol. The topological polar surface area (TPSA) is 39.7 Å². The van der Waals surface area contributed by atoms with Crippen LogP contribution in [-0.2, 0) is 11.0 Å². The summed E-state index contributed by atoms with van der Waals surface area (Å²) in [5.41, 5.74) is -0.523. The number of piperazine rings is 1. The van der Waals surface area contributed by atoms with Crippen LogP contribution in [0.15, 0.2) is 12.1 Å². The number of pyridine rings is 1. The van der Waals surface area contributed by atoms with Gasteiger partial charge in [-0.15, -0.1) is 0 Å². The zero-order valence-corrected chi connectivity index (χ0v) is 15.4. The summed E-state index contributed by atoms with van der Waals surface area (Å²) in [4.78, 5) is 22.4. The summed E-state index contributed by atoms with van der Waals surface area (Å²) in [6, 6.07) is 2.22. The van der Waals surface area contributed by atoms with Crippen LogP contribution in [-0.4, -0.2) is 66.5 Å². The summed E-state index contributed by atoms with van der Waals surface area (Å²) >= 11 is 0. The van der Waals surface area contributed by atoms with Crippen LogP contribution in [0.2, 0.25) is 0 Å². The lowest BCUT2D eigenvalue weighted by Crippen LogP contribution is -2.61. The number of likely N-dealkylation sites (N-methyl/N-ethyl adjacent to an activating group) is 1. The number of likely N-dealkylation sites (tertiary alicyclic amines) is 1. The molecule has 3 heterocycles. The summed E-state index contributed by atoms with van der Waals surface area (Å²) < 4.78 is 39.5. The number of alkyl halides is 3. The van der Waals surface area contributed by atoms with E-state index in [1.54, 1.807) is 18.9 Å². The van der Waals surface area contributed by atoms with Crippen molar-refractivity contribution in [2.24, 2.45) is 0 Å². The van der Waals surface area contributed by atoms with Crippen LogP contribution in [0.25, 0.3) is 0 Å². The second-order valence-corrected chi connectivity index (χ2v) is 7.49. The van der Waals surface area contributed by atoms with Gasteiger partial charge < -0.3 is 9.80 Å². The van der Waals surface area contributed by atoms with Crippen LogP contribution in [0.3, 0.4) is 0 Å². The Morgan fingerprint density at radius 3 is 2.54 bits per heavy atom. The molecule has 0 unspecified atom stereocenters. The van der Waals surface area contributed by atoms with Crippen molar-refractivity contribution in [2.45, 2.75) is 37.9 Å². The minimum absolute atomic E-state index is 0.125. The fourth-order valence-corrected chi connectivity index (χ4v) is 3.93. The van der Waals surface area contributed by atoms with E-state index in [-0.39, 0.29) is 11.4 Å². The van der Waals surface area contributed by atoms with Gasteiger partial charge >= 0.3 is 6.18 Å². The Hall–Kier alpha value is -1.83. The molecule has 2 aliphatic heterocycles. The fraction of sp³-hybridized carbons (Fsp3) is 0.667. The van der Waals surface area contributed by atoms with Crippen LogP contribution >= 0.6 is 0 Å². The molecular weight excluding hydrogens is 345 g/mol. The molecule has 0 aliphatic carbocycles. The highest BCUT2D eigenvalue weighted by atomic mass is 19.4. The van der Waals surface area contributed by atoms with Gasteiger partial charge in [-0.25, -0.2) is 4.98 Å². The van der Waals surface area contributed by atoms with Gasteiger partial charge in [-0.2, -0.15) is 13.2 Å². The fourth-order valence-electron chi connectivity index (χ4n) is 3.93. The first-order valence-electron chi connectivity index (χ1n) is 8.87. The van der Waals surface area contributed by atoms with E-state index in [1.165, 1.54) is 0 Å². The highest BCUT2D eigenvalue weighted by molar-refractivity contribution is 5.76. The molecule has 1 aromatic heterocycles. The van der Waals surface area contributed by atoms with Crippen molar-refractivity contribution in [1.29, 1.82) is 0 Å². The van der Waals surface area contributed by atoms with E-state index in [2.05, 4.69) is 9.88 Å². The molecule has 0 N–H and O–H groups in total. The lowest BCUT2D eigenvalue weighted by atomic mass is 9.86. The first kappa shape index (κ1) is 18.9. The van der Waals surface area contributed by atoms with Crippen molar-refractivity contribution in [3.63, 3.8) is 0 Å². The maximum atomic E-state index is 13.2. The lowest BCUT2D eigenvalue weighted by molar-refractivity contribution is -0.137. The zero-order chi connectivity index (χ0) is 19.1. The smallest absolute Gasteiger partial charge is 0.353 e. The third-order valence-corrected chi connectivity index (χ3v) is 5.73. The molecule has 5 nitrogen and oxygen atoms in total.